The number of rotatable bonds is 4. The number of carbonyl (C=O) groups excluding carboxylic acids is 2. The third-order valence-corrected chi connectivity index (χ3v) is 10.0. The van der Waals surface area contributed by atoms with Gasteiger partial charge in [-0.2, -0.15) is 0 Å². The van der Waals surface area contributed by atoms with Crippen LogP contribution in [0.15, 0.2) is 0 Å². The maximum atomic E-state index is 13.1. The minimum Gasteiger partial charge on any atom is -0.335 e. The fourth-order valence-corrected chi connectivity index (χ4v) is 7.82. The molecule has 6 atom stereocenters. The molecule has 0 aromatic heterocycles. The maximum absolute atomic E-state index is 13.1. The monoisotopic (exact) mass is 439 g/mol. The summed E-state index contributed by atoms with van der Waals surface area (Å²) in [5.74, 6) is 1.38. The molecule has 170 valence electrons. The fraction of sp³-hybridized carbons (Fsp3) is 0.909. The van der Waals surface area contributed by atoms with Crippen LogP contribution in [0.2, 0.25) is 0 Å². The standard InChI is InChI=1S/C22H37N3O4S/c1-14-13-24(22(27)16-7-8-16)21-12-18(9-10-20(21)25(14)15(2)26)17-5-4-6-19(11-17)30(28,29)23-3/h14,16-21,23H,4-13H2,1-3H3/t14-,17?,18?,19?,20?,21?/m0/s1. The number of hydrogen-bond acceptors (Lipinski definition) is 4. The molecular formula is C22H37N3O4S. The van der Waals surface area contributed by atoms with Crippen LogP contribution in [0.1, 0.15) is 71.6 Å². The molecule has 7 nitrogen and oxygen atoms in total. The average molecular weight is 440 g/mol. The van der Waals surface area contributed by atoms with E-state index in [0.29, 0.717) is 24.8 Å². The third-order valence-electron chi connectivity index (χ3n) is 8.14. The molecule has 2 amide bonds. The van der Waals surface area contributed by atoms with E-state index >= 15 is 0 Å². The molecule has 8 heteroatoms. The highest BCUT2D eigenvalue weighted by atomic mass is 32.2. The Morgan fingerprint density at radius 3 is 2.27 bits per heavy atom. The first-order chi connectivity index (χ1) is 14.2. The van der Waals surface area contributed by atoms with E-state index in [2.05, 4.69) is 16.5 Å². The number of piperazine rings is 1. The van der Waals surface area contributed by atoms with Gasteiger partial charge in [0, 0.05) is 25.4 Å². The van der Waals surface area contributed by atoms with Crippen molar-refractivity contribution in [2.45, 2.75) is 95.0 Å². The summed E-state index contributed by atoms with van der Waals surface area (Å²) in [5.41, 5.74) is 0. The lowest BCUT2D eigenvalue weighted by Gasteiger charge is -2.55. The van der Waals surface area contributed by atoms with Crippen LogP contribution in [-0.2, 0) is 19.6 Å². The van der Waals surface area contributed by atoms with E-state index in [0.717, 1.165) is 51.4 Å². The van der Waals surface area contributed by atoms with E-state index in [1.54, 1.807) is 6.92 Å². The van der Waals surface area contributed by atoms with Gasteiger partial charge in [0.25, 0.3) is 0 Å². The van der Waals surface area contributed by atoms with Gasteiger partial charge in [-0.1, -0.05) is 12.8 Å². The van der Waals surface area contributed by atoms with Gasteiger partial charge in [0.2, 0.25) is 21.8 Å². The molecule has 30 heavy (non-hydrogen) atoms. The quantitative estimate of drug-likeness (QED) is 0.727. The summed E-state index contributed by atoms with van der Waals surface area (Å²) in [6.45, 7) is 4.34. The Labute approximate surface area is 181 Å². The summed E-state index contributed by atoms with van der Waals surface area (Å²) < 4.78 is 27.3. The topological polar surface area (TPSA) is 86.8 Å². The summed E-state index contributed by atoms with van der Waals surface area (Å²) >= 11 is 0. The normalized spacial score (nSPS) is 37.6. The summed E-state index contributed by atoms with van der Waals surface area (Å²) in [7, 11) is -1.73. The maximum Gasteiger partial charge on any atom is 0.226 e. The van der Waals surface area contributed by atoms with Gasteiger partial charge in [-0.05, 0) is 70.8 Å². The minimum absolute atomic E-state index is 0.0582. The molecule has 0 radical (unpaired) electrons. The van der Waals surface area contributed by atoms with Gasteiger partial charge in [-0.15, -0.1) is 0 Å². The van der Waals surface area contributed by atoms with Crippen LogP contribution in [0, 0.1) is 17.8 Å². The lowest BCUT2D eigenvalue weighted by Crippen LogP contribution is -2.67. The number of sulfonamides is 1. The number of fused-ring (bicyclic) bond motifs is 1. The number of nitrogens with zero attached hydrogens (tertiary/aromatic N) is 2. The van der Waals surface area contributed by atoms with E-state index < -0.39 is 10.0 Å². The first kappa shape index (κ1) is 22.1. The van der Waals surface area contributed by atoms with E-state index in [9.17, 15) is 18.0 Å². The Morgan fingerprint density at radius 1 is 0.933 bits per heavy atom. The average Bonchev–Trinajstić information content (AvgIpc) is 3.57. The molecule has 1 heterocycles. The summed E-state index contributed by atoms with van der Waals surface area (Å²) in [5, 5.41) is -0.303. The molecule has 3 aliphatic carbocycles. The van der Waals surface area contributed by atoms with E-state index in [1.807, 2.05) is 4.90 Å². The summed E-state index contributed by atoms with van der Waals surface area (Å²) in [4.78, 5) is 29.6. The largest absolute Gasteiger partial charge is 0.335 e. The smallest absolute Gasteiger partial charge is 0.226 e. The second kappa shape index (κ2) is 8.41. The van der Waals surface area contributed by atoms with Crippen molar-refractivity contribution in [2.75, 3.05) is 13.6 Å². The summed E-state index contributed by atoms with van der Waals surface area (Å²) in [6, 6.07) is 0.242. The second-order valence-corrected chi connectivity index (χ2v) is 12.2. The van der Waals surface area contributed by atoms with Crippen molar-refractivity contribution in [1.82, 2.24) is 14.5 Å². The Hall–Kier alpha value is -1.15. The second-order valence-electron chi connectivity index (χ2n) is 10.0. The first-order valence-electron chi connectivity index (χ1n) is 11.7. The molecule has 4 rings (SSSR count). The number of amides is 2. The zero-order valence-electron chi connectivity index (χ0n) is 18.5. The van der Waals surface area contributed by atoms with Crippen molar-refractivity contribution in [3.8, 4) is 0 Å². The SMILES string of the molecule is CNS(=O)(=O)C1CCCC(C2CCC3C(C2)N(C(=O)C2CC2)C[C@H](C)N3C(C)=O)C1. The highest BCUT2D eigenvalue weighted by molar-refractivity contribution is 7.90. The summed E-state index contributed by atoms with van der Waals surface area (Å²) in [6.07, 6.45) is 8.28. The minimum atomic E-state index is -3.24. The van der Waals surface area contributed by atoms with Crippen LogP contribution in [0.4, 0.5) is 0 Å². The first-order valence-corrected chi connectivity index (χ1v) is 13.3. The lowest BCUT2D eigenvalue weighted by atomic mass is 9.69. The van der Waals surface area contributed by atoms with Crippen LogP contribution < -0.4 is 4.72 Å². The Bertz CT molecular complexity index is 781. The van der Waals surface area contributed by atoms with Gasteiger partial charge in [-0.25, -0.2) is 13.1 Å². The lowest BCUT2D eigenvalue weighted by molar-refractivity contribution is -0.155. The van der Waals surface area contributed by atoms with Crippen molar-refractivity contribution in [3.63, 3.8) is 0 Å². The van der Waals surface area contributed by atoms with Crippen molar-refractivity contribution in [3.05, 3.63) is 0 Å². The number of hydrogen-bond donors (Lipinski definition) is 1. The van der Waals surface area contributed by atoms with Crippen molar-refractivity contribution >= 4 is 21.8 Å². The molecule has 0 aromatic carbocycles. The van der Waals surface area contributed by atoms with Crippen LogP contribution >= 0.6 is 0 Å². The molecule has 0 aromatic rings. The Morgan fingerprint density at radius 2 is 1.63 bits per heavy atom. The molecule has 4 fully saturated rings. The molecule has 5 unspecified atom stereocenters. The van der Waals surface area contributed by atoms with E-state index in [4.69, 9.17) is 0 Å². The molecule has 3 saturated carbocycles. The molecule has 0 bridgehead atoms. The Balaban J connectivity index is 1.53. The van der Waals surface area contributed by atoms with Gasteiger partial charge in [-0.3, -0.25) is 9.59 Å². The zero-order valence-corrected chi connectivity index (χ0v) is 19.4. The van der Waals surface area contributed by atoms with Gasteiger partial charge in [0.05, 0.1) is 17.3 Å². The van der Waals surface area contributed by atoms with Crippen molar-refractivity contribution in [2.24, 2.45) is 17.8 Å². The van der Waals surface area contributed by atoms with Crippen LogP contribution in [0.3, 0.4) is 0 Å². The highest BCUT2D eigenvalue weighted by Crippen LogP contribution is 2.44. The van der Waals surface area contributed by atoms with Crippen LogP contribution in [-0.4, -0.2) is 67.0 Å². The predicted octanol–water partition coefficient (Wildman–Crippen LogP) is 2.12. The van der Waals surface area contributed by atoms with E-state index in [-0.39, 0.29) is 41.1 Å². The van der Waals surface area contributed by atoms with Gasteiger partial charge >= 0.3 is 0 Å². The number of nitrogens with one attached hydrogen (secondary N) is 1. The van der Waals surface area contributed by atoms with Gasteiger partial charge in [0.15, 0.2) is 0 Å². The van der Waals surface area contributed by atoms with E-state index in [1.165, 1.54) is 7.05 Å². The van der Waals surface area contributed by atoms with Crippen molar-refractivity contribution < 1.29 is 18.0 Å². The van der Waals surface area contributed by atoms with Gasteiger partial charge in [0.1, 0.15) is 0 Å². The predicted molar refractivity (Wildman–Crippen MR) is 115 cm³/mol. The molecule has 0 spiro atoms. The molecule has 1 aliphatic heterocycles. The van der Waals surface area contributed by atoms with Crippen LogP contribution in [0.5, 0.6) is 0 Å². The molecule has 4 aliphatic rings. The van der Waals surface area contributed by atoms with Crippen molar-refractivity contribution in [1.29, 1.82) is 0 Å². The zero-order chi connectivity index (χ0) is 21.6. The van der Waals surface area contributed by atoms with Crippen LogP contribution in [0.25, 0.3) is 0 Å². The molecule has 1 N–H and O–H groups in total. The number of carbonyl (C=O) groups is 2. The molecule has 1 saturated heterocycles. The van der Waals surface area contributed by atoms with Gasteiger partial charge < -0.3 is 9.80 Å². The third kappa shape index (κ3) is 4.14. The fourth-order valence-electron chi connectivity index (χ4n) is 6.50. The molecular weight excluding hydrogens is 402 g/mol. The highest BCUT2D eigenvalue weighted by Gasteiger charge is 2.49. The Kier molecular flexibility index (Phi) is 6.19.